The number of nitrogens with one attached hydrogen (secondary N) is 3. The van der Waals surface area contributed by atoms with Crippen LogP contribution in [0.5, 0.6) is 0 Å². The van der Waals surface area contributed by atoms with Crippen molar-refractivity contribution in [2.75, 3.05) is 23.8 Å². The number of carbonyl (C=O) groups excluding carboxylic acids is 4. The summed E-state index contributed by atoms with van der Waals surface area (Å²) < 4.78 is 5.07. The van der Waals surface area contributed by atoms with E-state index in [2.05, 4.69) is 16.0 Å². The third-order valence-corrected chi connectivity index (χ3v) is 4.32. The maximum atomic E-state index is 12.2. The first-order valence-electron chi connectivity index (χ1n) is 9.24. The molecule has 0 saturated heterocycles. The van der Waals surface area contributed by atoms with E-state index in [0.29, 0.717) is 41.9 Å². The predicted octanol–water partition coefficient (Wildman–Crippen LogP) is 2.12. The monoisotopic (exact) mass is 395 g/mol. The molecule has 3 N–H and O–H groups in total. The van der Waals surface area contributed by atoms with Crippen LogP contribution in [0.25, 0.3) is 0 Å². The molecular weight excluding hydrogens is 374 g/mol. The van der Waals surface area contributed by atoms with Crippen LogP contribution in [-0.4, -0.2) is 36.8 Å². The topological polar surface area (TPSA) is 114 Å². The van der Waals surface area contributed by atoms with Crippen LogP contribution in [0, 0.1) is 0 Å². The number of rotatable bonds is 6. The molecule has 3 amide bonds. The minimum Gasteiger partial charge on any atom is -0.452 e. The van der Waals surface area contributed by atoms with Gasteiger partial charge in [-0.3, -0.25) is 14.4 Å². The van der Waals surface area contributed by atoms with Crippen LogP contribution >= 0.6 is 0 Å². The van der Waals surface area contributed by atoms with Crippen LogP contribution in [0.1, 0.15) is 39.6 Å². The fraction of sp³-hybridized carbons (Fsp3) is 0.238. The lowest BCUT2D eigenvalue weighted by Gasteiger charge is -2.17. The highest BCUT2D eigenvalue weighted by molar-refractivity contribution is 5.99. The summed E-state index contributed by atoms with van der Waals surface area (Å²) in [6.45, 7) is 1.86. The quantitative estimate of drug-likeness (QED) is 0.649. The molecule has 2 aromatic carbocycles. The van der Waals surface area contributed by atoms with Crippen LogP contribution < -0.4 is 16.0 Å². The van der Waals surface area contributed by atoms with Crippen LogP contribution in [0.4, 0.5) is 11.4 Å². The molecule has 8 heteroatoms. The number of esters is 1. The average Bonchev–Trinajstić information content (AvgIpc) is 2.72. The van der Waals surface area contributed by atoms with Crippen LogP contribution in [0.15, 0.2) is 42.5 Å². The van der Waals surface area contributed by atoms with E-state index in [9.17, 15) is 19.2 Å². The van der Waals surface area contributed by atoms with Crippen molar-refractivity contribution in [3.8, 4) is 0 Å². The standard InChI is InChI=1S/C21H21N3O5/c1-2-22-20(27)14-4-3-5-16(11-14)23-19(26)12-29-21(28)15-6-8-17-13(10-15)7-9-18(25)24-17/h3-6,8,10-11H,2,7,9,12H2,1H3,(H,22,27)(H,23,26)(H,24,25). The Kier molecular flexibility index (Phi) is 6.23. The highest BCUT2D eigenvalue weighted by Crippen LogP contribution is 2.23. The summed E-state index contributed by atoms with van der Waals surface area (Å²) in [5, 5.41) is 8.02. The number of benzene rings is 2. The highest BCUT2D eigenvalue weighted by atomic mass is 16.5. The van der Waals surface area contributed by atoms with Gasteiger partial charge in [-0.25, -0.2) is 4.79 Å². The minimum absolute atomic E-state index is 0.0549. The van der Waals surface area contributed by atoms with Crippen molar-refractivity contribution in [1.29, 1.82) is 0 Å². The van der Waals surface area contributed by atoms with Crippen LogP contribution in [0.2, 0.25) is 0 Å². The Balaban J connectivity index is 1.56. The van der Waals surface area contributed by atoms with Crippen molar-refractivity contribution in [2.45, 2.75) is 19.8 Å². The molecule has 0 bridgehead atoms. The van der Waals surface area contributed by atoms with Crippen LogP contribution in [0.3, 0.4) is 0 Å². The average molecular weight is 395 g/mol. The molecule has 0 unspecified atom stereocenters. The molecule has 1 aliphatic heterocycles. The number of carbonyl (C=O) groups is 4. The Labute approximate surface area is 167 Å². The van der Waals surface area contributed by atoms with Gasteiger partial charge < -0.3 is 20.7 Å². The lowest BCUT2D eigenvalue weighted by molar-refractivity contribution is -0.119. The zero-order chi connectivity index (χ0) is 20.8. The van der Waals surface area contributed by atoms with Gasteiger partial charge in [-0.05, 0) is 55.3 Å². The highest BCUT2D eigenvalue weighted by Gasteiger charge is 2.18. The molecule has 29 heavy (non-hydrogen) atoms. The van der Waals surface area contributed by atoms with E-state index < -0.39 is 18.5 Å². The zero-order valence-electron chi connectivity index (χ0n) is 15.9. The molecule has 0 spiro atoms. The molecule has 2 aromatic rings. The van der Waals surface area contributed by atoms with E-state index in [1.807, 2.05) is 6.92 Å². The lowest BCUT2D eigenvalue weighted by Crippen LogP contribution is -2.24. The number of hydrogen-bond acceptors (Lipinski definition) is 5. The molecule has 1 aliphatic rings. The number of fused-ring (bicyclic) bond motifs is 1. The first-order chi connectivity index (χ1) is 14.0. The van der Waals surface area contributed by atoms with E-state index in [1.165, 1.54) is 0 Å². The summed E-state index contributed by atoms with van der Waals surface area (Å²) in [5.74, 6) is -1.44. The van der Waals surface area contributed by atoms with Gasteiger partial charge in [0.25, 0.3) is 11.8 Å². The summed E-state index contributed by atoms with van der Waals surface area (Å²) in [7, 11) is 0. The number of anilines is 2. The number of aryl methyl sites for hydroxylation is 1. The second-order valence-electron chi connectivity index (χ2n) is 6.48. The largest absolute Gasteiger partial charge is 0.452 e. The Hall–Kier alpha value is -3.68. The Morgan fingerprint density at radius 2 is 1.90 bits per heavy atom. The van der Waals surface area contributed by atoms with Crippen molar-refractivity contribution in [1.82, 2.24) is 5.32 Å². The lowest BCUT2D eigenvalue weighted by atomic mass is 10.0. The van der Waals surface area contributed by atoms with Crippen molar-refractivity contribution in [3.63, 3.8) is 0 Å². The van der Waals surface area contributed by atoms with Crippen molar-refractivity contribution >= 4 is 35.1 Å². The summed E-state index contributed by atoms with van der Waals surface area (Å²) in [6.07, 6.45) is 0.911. The van der Waals surface area contributed by atoms with Gasteiger partial charge in [-0.1, -0.05) is 6.07 Å². The summed E-state index contributed by atoms with van der Waals surface area (Å²) in [5.41, 5.74) is 2.70. The predicted molar refractivity (Wildman–Crippen MR) is 107 cm³/mol. The van der Waals surface area contributed by atoms with Gasteiger partial charge in [0.15, 0.2) is 6.61 Å². The maximum Gasteiger partial charge on any atom is 0.338 e. The zero-order valence-corrected chi connectivity index (χ0v) is 15.9. The molecule has 1 heterocycles. The van der Waals surface area contributed by atoms with E-state index in [4.69, 9.17) is 4.74 Å². The second kappa shape index (κ2) is 9.01. The molecule has 8 nitrogen and oxygen atoms in total. The Morgan fingerprint density at radius 3 is 2.69 bits per heavy atom. The molecule has 3 rings (SSSR count). The molecule has 0 aliphatic carbocycles. The normalized spacial score (nSPS) is 12.4. The van der Waals surface area contributed by atoms with Crippen molar-refractivity contribution in [3.05, 3.63) is 59.2 Å². The summed E-state index contributed by atoms with van der Waals surface area (Å²) in [6, 6.07) is 11.3. The van der Waals surface area contributed by atoms with Gasteiger partial charge in [0, 0.05) is 29.9 Å². The fourth-order valence-electron chi connectivity index (χ4n) is 2.92. The van der Waals surface area contributed by atoms with Gasteiger partial charge in [-0.2, -0.15) is 0 Å². The van der Waals surface area contributed by atoms with Crippen molar-refractivity contribution < 1.29 is 23.9 Å². The molecule has 0 saturated carbocycles. The SMILES string of the molecule is CCNC(=O)c1cccc(NC(=O)COC(=O)c2ccc3c(c2)CCC(=O)N3)c1. The number of amides is 3. The minimum atomic E-state index is -0.629. The number of ether oxygens (including phenoxy) is 1. The summed E-state index contributed by atoms with van der Waals surface area (Å²) in [4.78, 5) is 47.6. The van der Waals surface area contributed by atoms with Gasteiger partial charge >= 0.3 is 5.97 Å². The number of hydrogen-bond donors (Lipinski definition) is 3. The first kappa shape index (κ1) is 20.1. The molecule has 0 radical (unpaired) electrons. The van der Waals surface area contributed by atoms with E-state index in [0.717, 1.165) is 5.56 Å². The summed E-state index contributed by atoms with van der Waals surface area (Å²) >= 11 is 0. The molecule has 0 atom stereocenters. The van der Waals surface area contributed by atoms with Gasteiger partial charge in [0.2, 0.25) is 5.91 Å². The Morgan fingerprint density at radius 1 is 1.07 bits per heavy atom. The molecule has 0 fully saturated rings. The van der Waals surface area contributed by atoms with Crippen LogP contribution in [-0.2, 0) is 20.7 Å². The van der Waals surface area contributed by atoms with Gasteiger partial charge in [0.1, 0.15) is 0 Å². The third kappa shape index (κ3) is 5.19. The Bertz CT molecular complexity index is 971. The smallest absolute Gasteiger partial charge is 0.338 e. The third-order valence-electron chi connectivity index (χ3n) is 4.32. The van der Waals surface area contributed by atoms with Gasteiger partial charge in [0.05, 0.1) is 5.56 Å². The van der Waals surface area contributed by atoms with E-state index >= 15 is 0 Å². The maximum absolute atomic E-state index is 12.2. The molecule has 0 aromatic heterocycles. The molecule has 150 valence electrons. The van der Waals surface area contributed by atoms with E-state index in [1.54, 1.807) is 42.5 Å². The van der Waals surface area contributed by atoms with Gasteiger partial charge in [-0.15, -0.1) is 0 Å². The first-order valence-corrected chi connectivity index (χ1v) is 9.24. The molecular formula is C21H21N3O5. The van der Waals surface area contributed by atoms with E-state index in [-0.39, 0.29) is 11.8 Å². The van der Waals surface area contributed by atoms with Crippen molar-refractivity contribution in [2.24, 2.45) is 0 Å². The fourth-order valence-corrected chi connectivity index (χ4v) is 2.92. The second-order valence-corrected chi connectivity index (χ2v) is 6.48.